The number of carbonyl (C=O) groups is 2. The van der Waals surface area contributed by atoms with E-state index in [1.807, 2.05) is 0 Å². The van der Waals surface area contributed by atoms with E-state index in [9.17, 15) is 22.8 Å². The van der Waals surface area contributed by atoms with Gasteiger partial charge in [0.25, 0.3) is 0 Å². The summed E-state index contributed by atoms with van der Waals surface area (Å²) in [6.07, 6.45) is -5.63. The van der Waals surface area contributed by atoms with Crippen molar-refractivity contribution in [2.45, 2.75) is 18.6 Å². The van der Waals surface area contributed by atoms with Crippen LogP contribution in [0.2, 0.25) is 5.02 Å². The summed E-state index contributed by atoms with van der Waals surface area (Å²) in [5, 5.41) is 3.01. The number of hydrogen-bond donors (Lipinski definition) is 1. The summed E-state index contributed by atoms with van der Waals surface area (Å²) < 4.78 is 46.8. The molecule has 0 saturated carbocycles. The molecule has 3 rings (SSSR count). The van der Waals surface area contributed by atoms with Crippen LogP contribution < -0.4 is 15.0 Å². The minimum atomic E-state index is -4.76. The molecular formula is C21H21ClF3N3O3. The maximum absolute atomic E-state index is 13.7. The van der Waals surface area contributed by atoms with Crippen LogP contribution in [0.3, 0.4) is 0 Å². The van der Waals surface area contributed by atoms with E-state index < -0.39 is 30.5 Å². The van der Waals surface area contributed by atoms with Crippen molar-refractivity contribution < 1.29 is 27.5 Å². The Morgan fingerprint density at radius 3 is 2.58 bits per heavy atom. The smallest absolute Gasteiger partial charge is 0.409 e. The number of amides is 2. The predicted octanol–water partition coefficient (Wildman–Crippen LogP) is 3.96. The summed E-state index contributed by atoms with van der Waals surface area (Å²) in [4.78, 5) is 27.2. The second-order valence-corrected chi connectivity index (χ2v) is 7.57. The fourth-order valence-corrected chi connectivity index (χ4v) is 3.36. The van der Waals surface area contributed by atoms with Crippen molar-refractivity contribution in [1.29, 1.82) is 0 Å². The first kappa shape index (κ1) is 22.9. The van der Waals surface area contributed by atoms with Crippen molar-refractivity contribution >= 4 is 34.8 Å². The Morgan fingerprint density at radius 1 is 1.23 bits per heavy atom. The lowest BCUT2D eigenvalue weighted by Gasteiger charge is -2.32. The van der Waals surface area contributed by atoms with E-state index in [0.717, 1.165) is 0 Å². The van der Waals surface area contributed by atoms with Crippen LogP contribution in [0.1, 0.15) is 6.42 Å². The highest BCUT2D eigenvalue weighted by Crippen LogP contribution is 2.37. The molecule has 0 fully saturated rings. The molecule has 2 aromatic rings. The van der Waals surface area contributed by atoms with Gasteiger partial charge in [0.05, 0.1) is 24.3 Å². The molecule has 0 aliphatic carbocycles. The van der Waals surface area contributed by atoms with Gasteiger partial charge in [-0.15, -0.1) is 0 Å². The lowest BCUT2D eigenvalue weighted by molar-refractivity contribution is -0.158. The highest BCUT2D eigenvalue weighted by atomic mass is 35.5. The van der Waals surface area contributed by atoms with Crippen LogP contribution >= 0.6 is 11.6 Å². The highest BCUT2D eigenvalue weighted by molar-refractivity contribution is 6.30. The quantitative estimate of drug-likeness (QED) is 0.716. The largest absolute Gasteiger partial charge is 0.492 e. The monoisotopic (exact) mass is 455 g/mol. The zero-order chi connectivity index (χ0) is 22.6. The number of nitrogens with zero attached hydrogens (tertiary/aromatic N) is 2. The van der Waals surface area contributed by atoms with Crippen LogP contribution in [0, 0.1) is 0 Å². The van der Waals surface area contributed by atoms with E-state index in [4.69, 9.17) is 16.3 Å². The van der Waals surface area contributed by atoms with Crippen LogP contribution in [0.4, 0.5) is 24.5 Å². The lowest BCUT2D eigenvalue weighted by atomic mass is 10.1. The van der Waals surface area contributed by atoms with Crippen LogP contribution in [-0.2, 0) is 9.59 Å². The Hall–Kier alpha value is -2.78. The van der Waals surface area contributed by atoms with E-state index in [0.29, 0.717) is 22.2 Å². The van der Waals surface area contributed by atoms with Gasteiger partial charge in [-0.3, -0.25) is 19.4 Å². The molecule has 0 spiro atoms. The fourth-order valence-electron chi connectivity index (χ4n) is 3.23. The maximum atomic E-state index is 13.7. The molecule has 31 heavy (non-hydrogen) atoms. The molecule has 0 unspecified atom stereocenters. The highest BCUT2D eigenvalue weighted by Gasteiger charge is 2.49. The van der Waals surface area contributed by atoms with E-state index in [1.165, 1.54) is 18.2 Å². The number of halogens is 4. The van der Waals surface area contributed by atoms with Gasteiger partial charge in [0.2, 0.25) is 11.8 Å². The molecule has 1 aliphatic rings. The number of ether oxygens (including phenoxy) is 1. The minimum Gasteiger partial charge on any atom is -0.492 e. The van der Waals surface area contributed by atoms with E-state index >= 15 is 0 Å². The number of nitrogens with one attached hydrogen (secondary N) is 1. The van der Waals surface area contributed by atoms with Gasteiger partial charge >= 0.3 is 6.18 Å². The van der Waals surface area contributed by atoms with E-state index in [-0.39, 0.29) is 24.5 Å². The Kier molecular flexibility index (Phi) is 7.07. The zero-order valence-corrected chi connectivity index (χ0v) is 17.4. The van der Waals surface area contributed by atoms with E-state index in [1.54, 1.807) is 42.3 Å². The van der Waals surface area contributed by atoms with Crippen LogP contribution in [0.15, 0.2) is 48.5 Å². The topological polar surface area (TPSA) is 61.9 Å². The van der Waals surface area contributed by atoms with Gasteiger partial charge < -0.3 is 10.1 Å². The number of fused-ring (bicyclic) bond motifs is 1. The molecule has 1 heterocycles. The van der Waals surface area contributed by atoms with Gasteiger partial charge in [0.15, 0.2) is 0 Å². The van der Waals surface area contributed by atoms with Gasteiger partial charge in [-0.2, -0.15) is 13.2 Å². The summed E-state index contributed by atoms with van der Waals surface area (Å²) in [6.45, 7) is 0.252. The Labute approximate surface area is 182 Å². The van der Waals surface area contributed by atoms with Crippen LogP contribution in [0.25, 0.3) is 0 Å². The number of para-hydroxylation sites is 2. The number of carbonyl (C=O) groups excluding carboxylic acids is 2. The summed E-state index contributed by atoms with van der Waals surface area (Å²) in [5.41, 5.74) is 0.188. The molecule has 1 N–H and O–H groups in total. The standard InChI is InChI=1S/C21H21ClF3N3O3/c1-27(10-11-31-15-8-6-14(22)7-9-15)13-20(30)28-17-5-3-2-4-16(17)26-19(29)12-18(28)21(23,24)25/h2-9,18H,10-13H2,1H3,(H,26,29)/t18-/m0/s1. The molecule has 6 nitrogen and oxygen atoms in total. The predicted molar refractivity (Wildman–Crippen MR) is 111 cm³/mol. The average molecular weight is 456 g/mol. The molecule has 166 valence electrons. The summed E-state index contributed by atoms with van der Waals surface area (Å²) in [5.74, 6) is -0.970. The Bertz CT molecular complexity index is 937. The van der Waals surface area contributed by atoms with E-state index in [2.05, 4.69) is 5.32 Å². The first-order chi connectivity index (χ1) is 14.6. The third-order valence-electron chi connectivity index (χ3n) is 4.74. The van der Waals surface area contributed by atoms with Gasteiger partial charge in [-0.1, -0.05) is 23.7 Å². The first-order valence-electron chi connectivity index (χ1n) is 9.49. The molecule has 0 saturated heterocycles. The number of rotatable bonds is 6. The van der Waals surface area contributed by atoms with Gasteiger partial charge in [0.1, 0.15) is 18.4 Å². The van der Waals surface area contributed by atoms with Crippen LogP contribution in [0.5, 0.6) is 5.75 Å². The SMILES string of the molecule is CN(CCOc1ccc(Cl)cc1)CC(=O)N1c2ccccc2NC(=O)C[C@H]1C(F)(F)F. The van der Waals surface area contributed by atoms with Gasteiger partial charge in [0, 0.05) is 11.6 Å². The Balaban J connectivity index is 1.71. The van der Waals surface area contributed by atoms with Crippen molar-refractivity contribution in [2.75, 3.05) is 37.0 Å². The Morgan fingerprint density at radius 2 is 1.90 bits per heavy atom. The summed E-state index contributed by atoms with van der Waals surface area (Å²) >= 11 is 5.82. The molecule has 1 atom stereocenters. The first-order valence-corrected chi connectivity index (χ1v) is 9.87. The number of alkyl halides is 3. The fraction of sp³-hybridized carbons (Fsp3) is 0.333. The van der Waals surface area contributed by atoms with Gasteiger partial charge in [-0.05, 0) is 43.4 Å². The second-order valence-electron chi connectivity index (χ2n) is 7.13. The number of likely N-dealkylation sites (N-methyl/N-ethyl adjacent to an activating group) is 1. The molecule has 0 aromatic heterocycles. The van der Waals surface area contributed by atoms with Crippen LogP contribution in [-0.4, -0.2) is 55.7 Å². The van der Waals surface area contributed by atoms with Gasteiger partial charge in [-0.25, -0.2) is 0 Å². The number of hydrogen-bond acceptors (Lipinski definition) is 4. The lowest BCUT2D eigenvalue weighted by Crippen LogP contribution is -2.52. The third-order valence-corrected chi connectivity index (χ3v) is 4.99. The zero-order valence-electron chi connectivity index (χ0n) is 16.7. The number of anilines is 2. The molecule has 2 aromatic carbocycles. The second kappa shape index (κ2) is 9.57. The minimum absolute atomic E-state index is 0.0199. The normalized spacial score (nSPS) is 16.5. The molecule has 2 amide bonds. The third kappa shape index (κ3) is 5.89. The molecular weight excluding hydrogens is 435 g/mol. The maximum Gasteiger partial charge on any atom is 0.409 e. The van der Waals surface area contributed by atoms with Crippen molar-refractivity contribution in [3.63, 3.8) is 0 Å². The van der Waals surface area contributed by atoms with Crippen molar-refractivity contribution in [1.82, 2.24) is 4.90 Å². The average Bonchev–Trinajstić information content (AvgIpc) is 2.85. The molecule has 0 radical (unpaired) electrons. The number of benzene rings is 2. The molecule has 10 heteroatoms. The molecule has 0 bridgehead atoms. The van der Waals surface area contributed by atoms with Crippen molar-refractivity contribution in [2.24, 2.45) is 0 Å². The summed E-state index contributed by atoms with van der Waals surface area (Å²) in [6, 6.07) is 10.4. The van der Waals surface area contributed by atoms with Crippen molar-refractivity contribution in [3.05, 3.63) is 53.6 Å². The molecule has 1 aliphatic heterocycles. The summed E-state index contributed by atoms with van der Waals surface area (Å²) in [7, 11) is 1.61. The van der Waals surface area contributed by atoms with Crippen molar-refractivity contribution in [3.8, 4) is 5.75 Å².